The molecule has 3 N–H and O–H groups in total. The van der Waals surface area contributed by atoms with Gasteiger partial charge >= 0.3 is 12.1 Å². The van der Waals surface area contributed by atoms with E-state index in [1.807, 2.05) is 0 Å². The van der Waals surface area contributed by atoms with E-state index in [0.717, 1.165) is 50.2 Å². The highest BCUT2D eigenvalue weighted by molar-refractivity contribution is 5.79. The number of amides is 1. The molecule has 0 spiro atoms. The molecule has 0 bridgehead atoms. The van der Waals surface area contributed by atoms with E-state index < -0.39 is 18.1 Å². The van der Waals surface area contributed by atoms with Crippen LogP contribution in [0.5, 0.6) is 0 Å². The summed E-state index contributed by atoms with van der Waals surface area (Å²) in [5, 5.41) is 15.0. The van der Waals surface area contributed by atoms with Gasteiger partial charge < -0.3 is 25.2 Å². The topological polar surface area (TPSA) is 110 Å². The van der Waals surface area contributed by atoms with Gasteiger partial charge in [-0.1, -0.05) is 6.07 Å². The number of rotatable bonds is 10. The number of anilines is 1. The van der Waals surface area contributed by atoms with Gasteiger partial charge in [0, 0.05) is 25.3 Å². The van der Waals surface area contributed by atoms with Crippen molar-refractivity contribution >= 4 is 17.9 Å². The molecule has 0 saturated heterocycles. The van der Waals surface area contributed by atoms with Crippen LogP contribution in [0.1, 0.15) is 57.2 Å². The number of nitrogens with one attached hydrogen (secondary N) is 2. The van der Waals surface area contributed by atoms with Crippen LogP contribution in [0, 0.1) is 5.92 Å². The van der Waals surface area contributed by atoms with Crippen LogP contribution in [0.2, 0.25) is 0 Å². The molecule has 0 radical (unpaired) electrons. The number of pyridine rings is 1. The Kier molecular flexibility index (Phi) is 7.90. The highest BCUT2D eigenvalue weighted by Crippen LogP contribution is 2.34. The smallest absolute Gasteiger partial charge is 0.408 e. The zero-order valence-corrected chi connectivity index (χ0v) is 17.9. The number of carbonyl (C=O) groups is 2. The number of ether oxygens (including phenoxy) is 2. The number of aryl methyl sites for hydroxylation is 2. The summed E-state index contributed by atoms with van der Waals surface area (Å²) < 4.78 is 10.7. The second-order valence-electron chi connectivity index (χ2n) is 8.49. The average molecular weight is 420 g/mol. The Bertz CT molecular complexity index is 733. The van der Waals surface area contributed by atoms with Crippen molar-refractivity contribution in [3.8, 4) is 0 Å². The van der Waals surface area contributed by atoms with Crippen molar-refractivity contribution in [3.05, 3.63) is 23.4 Å². The predicted molar refractivity (Wildman–Crippen MR) is 113 cm³/mol. The summed E-state index contributed by atoms with van der Waals surface area (Å²) in [6.45, 7) is 4.73. The second-order valence-corrected chi connectivity index (χ2v) is 8.49. The fourth-order valence-corrected chi connectivity index (χ4v) is 3.91. The number of alkyl carbamates (subject to hydrolysis) is 1. The molecular formula is C22H33N3O5. The van der Waals surface area contributed by atoms with Crippen LogP contribution in [0.25, 0.3) is 0 Å². The van der Waals surface area contributed by atoms with E-state index in [0.29, 0.717) is 12.5 Å². The van der Waals surface area contributed by atoms with Crippen molar-refractivity contribution in [2.75, 3.05) is 18.5 Å². The van der Waals surface area contributed by atoms with Gasteiger partial charge in [-0.2, -0.15) is 0 Å². The van der Waals surface area contributed by atoms with Crippen LogP contribution in [-0.2, 0) is 27.1 Å². The van der Waals surface area contributed by atoms with Crippen molar-refractivity contribution < 1.29 is 24.2 Å². The molecule has 1 aliphatic heterocycles. The van der Waals surface area contributed by atoms with E-state index in [1.165, 1.54) is 12.0 Å². The summed E-state index contributed by atoms with van der Waals surface area (Å²) >= 11 is 0. The van der Waals surface area contributed by atoms with Gasteiger partial charge in [0.2, 0.25) is 0 Å². The first-order valence-electron chi connectivity index (χ1n) is 10.9. The summed E-state index contributed by atoms with van der Waals surface area (Å²) in [5.74, 6) is 0.584. The number of hydrogen-bond donors (Lipinski definition) is 3. The Hall–Kier alpha value is -2.35. The molecule has 1 aromatic rings. The van der Waals surface area contributed by atoms with Gasteiger partial charge in [0.15, 0.2) is 0 Å². The third-order valence-electron chi connectivity index (χ3n) is 5.65. The number of nitrogens with zero attached hydrogens (tertiary/aromatic N) is 1. The molecule has 3 rings (SSSR count). The summed E-state index contributed by atoms with van der Waals surface area (Å²) in [6, 6.07) is 3.33. The molecule has 1 aromatic heterocycles. The number of carboxylic acids is 1. The van der Waals surface area contributed by atoms with Crippen LogP contribution in [0.4, 0.5) is 10.6 Å². The zero-order valence-electron chi connectivity index (χ0n) is 17.9. The molecule has 1 amide bonds. The van der Waals surface area contributed by atoms with Gasteiger partial charge in [0.1, 0.15) is 11.9 Å². The van der Waals surface area contributed by atoms with E-state index >= 15 is 0 Å². The first-order chi connectivity index (χ1) is 14.4. The molecule has 1 unspecified atom stereocenters. The molecule has 30 heavy (non-hydrogen) atoms. The second kappa shape index (κ2) is 10.6. The fourth-order valence-electron chi connectivity index (χ4n) is 3.91. The van der Waals surface area contributed by atoms with E-state index in [-0.39, 0.29) is 18.6 Å². The van der Waals surface area contributed by atoms with Crippen molar-refractivity contribution in [1.29, 1.82) is 0 Å². The largest absolute Gasteiger partial charge is 0.480 e. The van der Waals surface area contributed by atoms with Crippen LogP contribution < -0.4 is 10.6 Å². The van der Waals surface area contributed by atoms with E-state index in [1.54, 1.807) is 13.8 Å². The number of fused-ring (bicyclic) bond motifs is 1. The normalized spacial score (nSPS) is 21.2. The van der Waals surface area contributed by atoms with E-state index in [4.69, 9.17) is 14.5 Å². The minimum Gasteiger partial charge on any atom is -0.480 e. The van der Waals surface area contributed by atoms with Crippen molar-refractivity contribution in [2.24, 2.45) is 5.92 Å². The molecule has 2 aliphatic rings. The van der Waals surface area contributed by atoms with Crippen molar-refractivity contribution in [3.63, 3.8) is 0 Å². The summed E-state index contributed by atoms with van der Waals surface area (Å²) in [6.07, 6.45) is 5.69. The average Bonchev–Trinajstić information content (AvgIpc) is 2.67. The summed E-state index contributed by atoms with van der Waals surface area (Å²) in [4.78, 5) is 27.6. The molecule has 0 aromatic carbocycles. The van der Waals surface area contributed by atoms with Gasteiger partial charge in [-0.3, -0.25) is 0 Å². The van der Waals surface area contributed by atoms with Crippen LogP contribution in [0.15, 0.2) is 12.1 Å². The fraction of sp³-hybridized carbons (Fsp3) is 0.682. The highest BCUT2D eigenvalue weighted by atomic mass is 16.6. The maximum absolute atomic E-state index is 11.6. The molecule has 1 atom stereocenters. The third kappa shape index (κ3) is 6.58. The Morgan fingerprint density at radius 1 is 1.33 bits per heavy atom. The predicted octanol–water partition coefficient (Wildman–Crippen LogP) is 3.15. The van der Waals surface area contributed by atoms with Gasteiger partial charge in [-0.05, 0) is 69.9 Å². The lowest BCUT2D eigenvalue weighted by molar-refractivity contribution is -0.140. The number of aliphatic carboxylic acids is 1. The quantitative estimate of drug-likeness (QED) is 0.534. The first kappa shape index (κ1) is 22.3. The molecule has 2 heterocycles. The van der Waals surface area contributed by atoms with Crippen molar-refractivity contribution in [2.45, 2.75) is 77.0 Å². The Balaban J connectivity index is 1.31. The van der Waals surface area contributed by atoms with Crippen LogP contribution >= 0.6 is 0 Å². The lowest BCUT2D eigenvalue weighted by atomic mass is 9.79. The number of hydrogen-bond acceptors (Lipinski definition) is 6. The van der Waals surface area contributed by atoms with Gasteiger partial charge in [-0.25, -0.2) is 14.6 Å². The lowest BCUT2D eigenvalue weighted by Crippen LogP contribution is -2.43. The third-order valence-corrected chi connectivity index (χ3v) is 5.65. The number of aromatic nitrogens is 1. The number of carboxylic acid groups (broad SMARTS) is 1. The van der Waals surface area contributed by atoms with Crippen LogP contribution in [-0.4, -0.2) is 53.6 Å². The van der Waals surface area contributed by atoms with Gasteiger partial charge in [-0.15, -0.1) is 0 Å². The van der Waals surface area contributed by atoms with Crippen molar-refractivity contribution in [1.82, 2.24) is 10.3 Å². The van der Waals surface area contributed by atoms with Crippen LogP contribution in [0.3, 0.4) is 0 Å². The summed E-state index contributed by atoms with van der Waals surface area (Å²) in [7, 11) is 0. The molecule has 8 nitrogen and oxygen atoms in total. The minimum absolute atomic E-state index is 0.171. The molecule has 1 saturated carbocycles. The Morgan fingerprint density at radius 2 is 2.13 bits per heavy atom. The van der Waals surface area contributed by atoms with E-state index in [9.17, 15) is 14.7 Å². The Labute approximate surface area is 177 Å². The molecule has 8 heteroatoms. The first-order valence-corrected chi connectivity index (χ1v) is 10.9. The maximum atomic E-state index is 11.6. The SMILES string of the molecule is CC(C)OC(=O)NC(CCO[C@H]1C[C@H](CCc2ccc3c(n2)NCCC3)C1)C(=O)O. The lowest BCUT2D eigenvalue weighted by Gasteiger charge is -2.35. The maximum Gasteiger partial charge on any atom is 0.408 e. The summed E-state index contributed by atoms with van der Waals surface area (Å²) in [5.41, 5.74) is 2.45. The zero-order chi connectivity index (χ0) is 21.5. The number of carbonyl (C=O) groups excluding carboxylic acids is 1. The van der Waals surface area contributed by atoms with E-state index in [2.05, 4.69) is 22.8 Å². The Morgan fingerprint density at radius 3 is 2.87 bits per heavy atom. The minimum atomic E-state index is -1.09. The standard InChI is InChI=1S/C22H33N3O5/c1-14(2)30-22(28)25-19(21(26)27)9-11-29-18-12-15(13-18)5-7-17-8-6-16-4-3-10-23-20(16)24-17/h6,8,14-15,18-19H,3-5,7,9-13H2,1-2H3,(H,23,24)(H,25,28)(H,26,27)/t15-,18-,19?. The monoisotopic (exact) mass is 419 g/mol. The van der Waals surface area contributed by atoms with Gasteiger partial charge in [0.25, 0.3) is 0 Å². The highest BCUT2D eigenvalue weighted by Gasteiger charge is 2.30. The molecule has 166 valence electrons. The molecular weight excluding hydrogens is 386 g/mol. The molecule has 1 fully saturated rings. The van der Waals surface area contributed by atoms with Gasteiger partial charge in [0.05, 0.1) is 12.2 Å². The molecule has 1 aliphatic carbocycles.